The van der Waals surface area contributed by atoms with Gasteiger partial charge < -0.3 is 4.74 Å². The Morgan fingerprint density at radius 3 is 2.75 bits per heavy atom. The second kappa shape index (κ2) is 6.79. The highest BCUT2D eigenvalue weighted by molar-refractivity contribution is 7.85. The molecule has 0 N–H and O–H groups in total. The van der Waals surface area contributed by atoms with E-state index in [2.05, 4.69) is 0 Å². The molecule has 0 aromatic heterocycles. The van der Waals surface area contributed by atoms with Gasteiger partial charge in [-0.3, -0.25) is 13.8 Å². The van der Waals surface area contributed by atoms with Crippen LogP contribution in [0.4, 0.5) is 0 Å². The third-order valence-corrected chi connectivity index (χ3v) is 4.64. The summed E-state index contributed by atoms with van der Waals surface area (Å²) in [6.45, 7) is 1.94. The van der Waals surface area contributed by atoms with Gasteiger partial charge in [0.1, 0.15) is 6.42 Å². The Labute approximate surface area is 121 Å². The van der Waals surface area contributed by atoms with Gasteiger partial charge in [0.25, 0.3) is 0 Å². The van der Waals surface area contributed by atoms with Gasteiger partial charge >= 0.3 is 5.97 Å². The fourth-order valence-corrected chi connectivity index (χ4v) is 3.40. The lowest BCUT2D eigenvalue weighted by Gasteiger charge is -2.05. The first kappa shape index (κ1) is 14.9. The first-order valence-electron chi connectivity index (χ1n) is 6.77. The Balaban J connectivity index is 1.95. The SMILES string of the molecule is CCOC(=O)CC(=O)CS(=O)c1ccc2c(c1)CCC2. The Morgan fingerprint density at radius 1 is 1.25 bits per heavy atom. The van der Waals surface area contributed by atoms with Gasteiger partial charge in [0, 0.05) is 4.90 Å². The molecule has 0 fully saturated rings. The van der Waals surface area contributed by atoms with Crippen molar-refractivity contribution in [3.63, 3.8) is 0 Å². The van der Waals surface area contributed by atoms with Crippen molar-refractivity contribution in [2.24, 2.45) is 0 Å². The Bertz CT molecular complexity index is 551. The van der Waals surface area contributed by atoms with Crippen molar-refractivity contribution in [2.45, 2.75) is 37.5 Å². The molecule has 0 aliphatic heterocycles. The number of carbonyl (C=O) groups excluding carboxylic acids is 2. The third-order valence-electron chi connectivity index (χ3n) is 3.27. The number of aryl methyl sites for hydroxylation is 2. The highest BCUT2D eigenvalue weighted by atomic mass is 32.2. The molecule has 0 saturated heterocycles. The lowest BCUT2D eigenvalue weighted by Crippen LogP contribution is -2.17. The van der Waals surface area contributed by atoms with Crippen molar-refractivity contribution in [1.82, 2.24) is 0 Å². The Hall–Kier alpha value is -1.49. The van der Waals surface area contributed by atoms with Gasteiger partial charge in [-0.2, -0.15) is 0 Å². The zero-order chi connectivity index (χ0) is 14.5. The number of ketones is 1. The second-order valence-corrected chi connectivity index (χ2v) is 6.25. The van der Waals surface area contributed by atoms with Crippen LogP contribution in [-0.4, -0.2) is 28.3 Å². The molecule has 4 nitrogen and oxygen atoms in total. The molecule has 1 aromatic carbocycles. The van der Waals surface area contributed by atoms with Crippen LogP contribution in [0.3, 0.4) is 0 Å². The fraction of sp³-hybridized carbons (Fsp3) is 0.467. The molecule has 1 atom stereocenters. The van der Waals surface area contributed by atoms with Crippen LogP contribution in [0.15, 0.2) is 23.1 Å². The number of esters is 1. The summed E-state index contributed by atoms with van der Waals surface area (Å²) >= 11 is 0. The van der Waals surface area contributed by atoms with Gasteiger partial charge in [-0.15, -0.1) is 0 Å². The van der Waals surface area contributed by atoms with Crippen molar-refractivity contribution >= 4 is 22.6 Å². The van der Waals surface area contributed by atoms with E-state index < -0.39 is 16.8 Å². The number of rotatable bonds is 6. The van der Waals surface area contributed by atoms with Crippen LogP contribution >= 0.6 is 0 Å². The third kappa shape index (κ3) is 3.76. The van der Waals surface area contributed by atoms with Gasteiger partial charge in [-0.25, -0.2) is 0 Å². The molecule has 0 amide bonds. The molecule has 0 heterocycles. The number of hydrogen-bond donors (Lipinski definition) is 0. The van der Waals surface area contributed by atoms with E-state index in [1.807, 2.05) is 18.2 Å². The molecule has 108 valence electrons. The van der Waals surface area contributed by atoms with E-state index in [-0.39, 0.29) is 24.6 Å². The molecule has 1 aliphatic carbocycles. The largest absolute Gasteiger partial charge is 0.466 e. The summed E-state index contributed by atoms with van der Waals surface area (Å²) in [7, 11) is -1.38. The maximum absolute atomic E-state index is 12.1. The van der Waals surface area contributed by atoms with Crippen molar-refractivity contribution in [1.29, 1.82) is 0 Å². The molecular weight excluding hydrogens is 276 g/mol. The molecule has 2 rings (SSSR count). The number of Topliss-reactive ketones (excluding diaryl/α,β-unsaturated/α-hetero) is 1. The number of ether oxygens (including phenoxy) is 1. The molecule has 1 aromatic rings. The second-order valence-electron chi connectivity index (χ2n) is 4.79. The van der Waals surface area contributed by atoms with Gasteiger partial charge in [0.05, 0.1) is 23.2 Å². The van der Waals surface area contributed by atoms with Crippen LogP contribution in [0.2, 0.25) is 0 Å². The lowest BCUT2D eigenvalue weighted by molar-refractivity contribution is -0.145. The van der Waals surface area contributed by atoms with E-state index in [0.717, 1.165) is 19.3 Å². The highest BCUT2D eigenvalue weighted by Gasteiger charge is 2.17. The average Bonchev–Trinajstić information content (AvgIpc) is 2.85. The van der Waals surface area contributed by atoms with Gasteiger partial charge in [0.2, 0.25) is 0 Å². The summed E-state index contributed by atoms with van der Waals surface area (Å²) in [6.07, 6.45) is 2.92. The zero-order valence-corrected chi connectivity index (χ0v) is 12.3. The number of carbonyl (C=O) groups is 2. The lowest BCUT2D eigenvalue weighted by atomic mass is 10.1. The summed E-state index contributed by atoms with van der Waals surface area (Å²) in [6, 6.07) is 5.74. The Kier molecular flexibility index (Phi) is 5.06. The van der Waals surface area contributed by atoms with E-state index in [1.165, 1.54) is 11.1 Å². The predicted molar refractivity (Wildman–Crippen MR) is 76.0 cm³/mol. The number of hydrogen-bond acceptors (Lipinski definition) is 4. The summed E-state index contributed by atoms with van der Waals surface area (Å²) in [5.74, 6) is -1.02. The summed E-state index contributed by atoms with van der Waals surface area (Å²) in [5, 5.41) is 0. The van der Waals surface area contributed by atoms with Crippen molar-refractivity contribution in [2.75, 3.05) is 12.4 Å². The van der Waals surface area contributed by atoms with E-state index in [1.54, 1.807) is 6.92 Å². The quantitative estimate of drug-likeness (QED) is 0.593. The van der Waals surface area contributed by atoms with Gasteiger partial charge in [0.15, 0.2) is 5.78 Å². The molecule has 0 radical (unpaired) electrons. The van der Waals surface area contributed by atoms with E-state index in [0.29, 0.717) is 4.90 Å². The van der Waals surface area contributed by atoms with Crippen LogP contribution < -0.4 is 0 Å². The summed E-state index contributed by atoms with van der Waals surface area (Å²) in [5.41, 5.74) is 2.54. The van der Waals surface area contributed by atoms with E-state index in [4.69, 9.17) is 4.74 Å². The van der Waals surface area contributed by atoms with Gasteiger partial charge in [-0.1, -0.05) is 6.07 Å². The van der Waals surface area contributed by atoms with Crippen molar-refractivity contribution < 1.29 is 18.5 Å². The average molecular weight is 294 g/mol. The molecule has 20 heavy (non-hydrogen) atoms. The maximum atomic E-state index is 12.1. The first-order valence-corrected chi connectivity index (χ1v) is 8.09. The minimum absolute atomic E-state index is 0.127. The Morgan fingerprint density at radius 2 is 2.00 bits per heavy atom. The normalized spacial score (nSPS) is 14.7. The minimum atomic E-state index is -1.38. The van der Waals surface area contributed by atoms with Crippen LogP contribution in [0, 0.1) is 0 Å². The topological polar surface area (TPSA) is 60.4 Å². The van der Waals surface area contributed by atoms with Crippen LogP contribution in [0.25, 0.3) is 0 Å². The molecule has 1 unspecified atom stereocenters. The van der Waals surface area contributed by atoms with Crippen LogP contribution in [0.1, 0.15) is 30.9 Å². The molecule has 0 saturated carbocycles. The van der Waals surface area contributed by atoms with E-state index >= 15 is 0 Å². The van der Waals surface area contributed by atoms with Gasteiger partial charge in [-0.05, 0) is 49.4 Å². The standard InChI is InChI=1S/C15H18O4S/c1-2-19-15(17)9-13(16)10-20(18)14-7-6-11-4-3-5-12(11)8-14/h6-8H,2-5,9-10H2,1H3. The maximum Gasteiger partial charge on any atom is 0.313 e. The molecular formula is C15H18O4S. The minimum Gasteiger partial charge on any atom is -0.466 e. The molecule has 1 aliphatic rings. The van der Waals surface area contributed by atoms with E-state index in [9.17, 15) is 13.8 Å². The van der Waals surface area contributed by atoms with Crippen molar-refractivity contribution in [3.8, 4) is 0 Å². The monoisotopic (exact) mass is 294 g/mol. The van der Waals surface area contributed by atoms with Crippen molar-refractivity contribution in [3.05, 3.63) is 29.3 Å². The fourth-order valence-electron chi connectivity index (χ4n) is 2.34. The summed E-state index contributed by atoms with van der Waals surface area (Å²) in [4.78, 5) is 23.5. The molecule has 5 heteroatoms. The molecule has 0 spiro atoms. The first-order chi connectivity index (χ1) is 9.60. The smallest absolute Gasteiger partial charge is 0.313 e. The highest BCUT2D eigenvalue weighted by Crippen LogP contribution is 2.24. The number of fused-ring (bicyclic) bond motifs is 1. The van der Waals surface area contributed by atoms with Crippen LogP contribution in [-0.2, 0) is 38.0 Å². The zero-order valence-electron chi connectivity index (χ0n) is 11.5. The summed E-state index contributed by atoms with van der Waals surface area (Å²) < 4.78 is 16.8. The van der Waals surface area contributed by atoms with Crippen LogP contribution in [0.5, 0.6) is 0 Å². The molecule has 0 bridgehead atoms. The predicted octanol–water partition coefficient (Wildman–Crippen LogP) is 1.81. The number of benzene rings is 1.